The number of likely N-dealkylation sites (N-methyl/N-ethyl adjacent to an activating group) is 1. The van der Waals surface area contributed by atoms with E-state index in [9.17, 15) is 9.59 Å². The van der Waals surface area contributed by atoms with Crippen LogP contribution in [0.1, 0.15) is 11.1 Å². The number of carbonyl (C=O) groups is 2. The molecule has 1 unspecified atom stereocenters. The van der Waals surface area contributed by atoms with Gasteiger partial charge in [-0.3, -0.25) is 4.79 Å². The van der Waals surface area contributed by atoms with Crippen molar-refractivity contribution in [2.45, 2.75) is 6.17 Å². The van der Waals surface area contributed by atoms with Crippen molar-refractivity contribution in [2.75, 3.05) is 25.0 Å². The number of benzene rings is 2. The van der Waals surface area contributed by atoms with E-state index < -0.39 is 12.3 Å². The number of nitrogens with one attached hydrogen (secondary N) is 3. The van der Waals surface area contributed by atoms with Crippen LogP contribution in [0.4, 0.5) is 10.5 Å². The van der Waals surface area contributed by atoms with E-state index in [0.717, 1.165) is 11.1 Å². The zero-order chi connectivity index (χ0) is 21.7. The maximum absolute atomic E-state index is 13.1. The number of aliphatic imine (C=N–C) groups is 1. The minimum absolute atomic E-state index is 0.165. The van der Waals surface area contributed by atoms with Crippen molar-refractivity contribution in [1.29, 1.82) is 0 Å². The smallest absolute Gasteiger partial charge is 0.404 e. The summed E-state index contributed by atoms with van der Waals surface area (Å²) in [5.74, 6) is -0.294. The average Bonchev–Trinajstić information content (AvgIpc) is 2.82. The molecule has 1 aliphatic heterocycles. The summed E-state index contributed by atoms with van der Waals surface area (Å²) >= 11 is 11.5. The van der Waals surface area contributed by atoms with Crippen molar-refractivity contribution in [1.82, 2.24) is 16.0 Å². The van der Waals surface area contributed by atoms with Crippen molar-refractivity contribution in [2.24, 2.45) is 4.99 Å². The lowest BCUT2D eigenvalue weighted by Gasteiger charge is -2.22. The van der Waals surface area contributed by atoms with E-state index >= 15 is 0 Å². The molecule has 2 amide bonds. The lowest BCUT2D eigenvalue weighted by molar-refractivity contribution is -0.119. The maximum atomic E-state index is 13.1. The standard InChI is InChI=1S/C20H20ClN5O3S/c1-26-15-8-7-13(21)11-14(15)16(12-5-3-2-4-6-12)24-17(18(26)27)25-19(30)22-9-10-23-20(28)29/h2-8,11,17,23H,9-10H2,1H3,(H,28,29)(H2,22,25,30). The lowest BCUT2D eigenvalue weighted by Crippen LogP contribution is -2.50. The van der Waals surface area contributed by atoms with Gasteiger partial charge in [-0.1, -0.05) is 41.9 Å². The highest BCUT2D eigenvalue weighted by Gasteiger charge is 2.30. The van der Waals surface area contributed by atoms with Crippen LogP contribution in [0.3, 0.4) is 0 Å². The molecule has 10 heteroatoms. The van der Waals surface area contributed by atoms with Crippen LogP contribution < -0.4 is 20.9 Å². The molecule has 2 aromatic rings. The molecule has 1 atom stereocenters. The van der Waals surface area contributed by atoms with Crippen LogP contribution in [-0.2, 0) is 4.79 Å². The number of anilines is 1. The molecule has 0 radical (unpaired) electrons. The van der Waals surface area contributed by atoms with Crippen LogP contribution in [-0.4, -0.2) is 54.2 Å². The number of carboxylic acid groups (broad SMARTS) is 1. The molecule has 0 aromatic heterocycles. The molecule has 3 rings (SSSR count). The Morgan fingerprint density at radius 2 is 1.90 bits per heavy atom. The quantitative estimate of drug-likeness (QED) is 0.415. The van der Waals surface area contributed by atoms with Crippen molar-refractivity contribution in [3.05, 3.63) is 64.7 Å². The first-order valence-corrected chi connectivity index (χ1v) is 9.87. The van der Waals surface area contributed by atoms with E-state index in [1.54, 1.807) is 25.2 Å². The molecule has 0 saturated heterocycles. The Kier molecular flexibility index (Phi) is 6.86. The second-order valence-electron chi connectivity index (χ2n) is 6.44. The topological polar surface area (TPSA) is 106 Å². The van der Waals surface area contributed by atoms with Gasteiger partial charge in [-0.15, -0.1) is 0 Å². The summed E-state index contributed by atoms with van der Waals surface area (Å²) in [6, 6.07) is 14.8. The summed E-state index contributed by atoms with van der Waals surface area (Å²) in [6.07, 6.45) is -2.09. The van der Waals surface area contributed by atoms with E-state index in [4.69, 9.17) is 28.9 Å². The van der Waals surface area contributed by atoms with E-state index in [-0.39, 0.29) is 24.1 Å². The van der Waals surface area contributed by atoms with Gasteiger partial charge in [0.1, 0.15) is 0 Å². The van der Waals surface area contributed by atoms with Gasteiger partial charge in [0.05, 0.1) is 11.4 Å². The van der Waals surface area contributed by atoms with Crippen LogP contribution in [0, 0.1) is 0 Å². The highest BCUT2D eigenvalue weighted by molar-refractivity contribution is 7.80. The van der Waals surface area contributed by atoms with E-state index in [1.165, 1.54) is 4.90 Å². The number of hydrogen-bond donors (Lipinski definition) is 4. The normalized spacial score (nSPS) is 15.5. The molecule has 0 aliphatic carbocycles. The van der Waals surface area contributed by atoms with Gasteiger partial charge in [-0.25, -0.2) is 9.79 Å². The molecule has 4 N–H and O–H groups in total. The second-order valence-corrected chi connectivity index (χ2v) is 7.28. The fraction of sp³-hybridized carbons (Fsp3) is 0.200. The Hall–Kier alpha value is -3.17. The Labute approximate surface area is 183 Å². The summed E-state index contributed by atoms with van der Waals surface area (Å²) < 4.78 is 0. The number of rotatable bonds is 5. The van der Waals surface area contributed by atoms with Gasteiger partial charge in [0.2, 0.25) is 6.17 Å². The number of amides is 2. The van der Waals surface area contributed by atoms with Crippen LogP contribution in [0.15, 0.2) is 53.5 Å². The molecular weight excluding hydrogens is 426 g/mol. The molecular formula is C20H20ClN5O3S. The summed E-state index contributed by atoms with van der Waals surface area (Å²) in [5, 5.41) is 17.3. The number of hydrogen-bond acceptors (Lipinski definition) is 4. The van der Waals surface area contributed by atoms with Gasteiger partial charge in [0.25, 0.3) is 5.91 Å². The number of benzodiazepines with no additional fused rings is 1. The first-order chi connectivity index (χ1) is 14.4. The molecule has 0 spiro atoms. The molecule has 156 valence electrons. The second kappa shape index (κ2) is 9.55. The molecule has 2 aromatic carbocycles. The Bertz CT molecular complexity index is 999. The molecule has 0 saturated carbocycles. The third-order valence-corrected chi connectivity index (χ3v) is 4.90. The zero-order valence-corrected chi connectivity index (χ0v) is 17.6. The van der Waals surface area contributed by atoms with Crippen LogP contribution in [0.5, 0.6) is 0 Å². The Morgan fingerprint density at radius 3 is 2.60 bits per heavy atom. The van der Waals surface area contributed by atoms with Gasteiger partial charge in [0.15, 0.2) is 5.11 Å². The lowest BCUT2D eigenvalue weighted by atomic mass is 10.0. The summed E-state index contributed by atoms with van der Waals surface area (Å²) in [5.41, 5.74) is 2.86. The number of fused-ring (bicyclic) bond motifs is 1. The van der Waals surface area contributed by atoms with Crippen LogP contribution in [0.25, 0.3) is 0 Å². The molecule has 1 aliphatic rings. The molecule has 8 nitrogen and oxygen atoms in total. The molecule has 0 fully saturated rings. The molecule has 0 bridgehead atoms. The first-order valence-electron chi connectivity index (χ1n) is 9.08. The Balaban J connectivity index is 1.90. The number of carbonyl (C=O) groups excluding carboxylic acids is 1. The van der Waals surface area contributed by atoms with Crippen molar-refractivity contribution in [3.63, 3.8) is 0 Å². The minimum Gasteiger partial charge on any atom is -0.465 e. The van der Waals surface area contributed by atoms with E-state index in [0.29, 0.717) is 16.4 Å². The molecule has 1 heterocycles. The van der Waals surface area contributed by atoms with Gasteiger partial charge in [-0.05, 0) is 30.4 Å². The maximum Gasteiger partial charge on any atom is 0.404 e. The van der Waals surface area contributed by atoms with Crippen LogP contribution in [0.2, 0.25) is 5.02 Å². The van der Waals surface area contributed by atoms with Gasteiger partial charge >= 0.3 is 6.09 Å². The largest absolute Gasteiger partial charge is 0.465 e. The predicted octanol–water partition coefficient (Wildman–Crippen LogP) is 2.21. The Morgan fingerprint density at radius 1 is 1.20 bits per heavy atom. The SMILES string of the molecule is CN1C(=O)C(NC(=S)NCCNC(=O)O)N=C(c2ccccc2)c2cc(Cl)ccc21. The summed E-state index contributed by atoms with van der Waals surface area (Å²) in [6.45, 7) is 0.429. The number of halogens is 1. The average molecular weight is 446 g/mol. The van der Waals surface area contributed by atoms with E-state index in [1.807, 2.05) is 30.3 Å². The summed E-state index contributed by atoms with van der Waals surface area (Å²) in [4.78, 5) is 29.8. The number of nitrogens with zero attached hydrogens (tertiary/aromatic N) is 2. The first kappa shape index (κ1) is 21.5. The van der Waals surface area contributed by atoms with Crippen molar-refractivity contribution in [3.8, 4) is 0 Å². The van der Waals surface area contributed by atoms with Crippen LogP contribution >= 0.6 is 23.8 Å². The predicted molar refractivity (Wildman–Crippen MR) is 120 cm³/mol. The van der Waals surface area contributed by atoms with Crippen molar-refractivity contribution >= 4 is 52.3 Å². The van der Waals surface area contributed by atoms with Gasteiger partial charge in [0, 0.05) is 36.3 Å². The highest BCUT2D eigenvalue weighted by Crippen LogP contribution is 2.29. The zero-order valence-electron chi connectivity index (χ0n) is 16.1. The number of thiocarbonyl (C=S) groups is 1. The third kappa shape index (κ3) is 5.05. The minimum atomic E-state index is -1.12. The van der Waals surface area contributed by atoms with Gasteiger partial charge in [-0.2, -0.15) is 0 Å². The fourth-order valence-electron chi connectivity index (χ4n) is 2.99. The highest BCUT2D eigenvalue weighted by atomic mass is 35.5. The molecule has 30 heavy (non-hydrogen) atoms. The fourth-order valence-corrected chi connectivity index (χ4v) is 3.37. The van der Waals surface area contributed by atoms with E-state index in [2.05, 4.69) is 20.9 Å². The van der Waals surface area contributed by atoms with Crippen molar-refractivity contribution < 1.29 is 14.7 Å². The summed E-state index contributed by atoms with van der Waals surface area (Å²) in [7, 11) is 1.67. The third-order valence-electron chi connectivity index (χ3n) is 4.40. The van der Waals surface area contributed by atoms with Gasteiger partial charge < -0.3 is 26.0 Å². The monoisotopic (exact) mass is 445 g/mol.